The fourth-order valence-corrected chi connectivity index (χ4v) is 2.75. The van der Waals surface area contributed by atoms with Crippen molar-refractivity contribution in [1.29, 1.82) is 0 Å². The zero-order valence-corrected chi connectivity index (χ0v) is 15.5. The molecule has 1 N–H and O–H groups in total. The Morgan fingerprint density at radius 1 is 1.17 bits per heavy atom. The van der Waals surface area contributed by atoms with Crippen LogP contribution in [0.15, 0.2) is 60.8 Å². The van der Waals surface area contributed by atoms with E-state index in [1.807, 2.05) is 30.3 Å². The summed E-state index contributed by atoms with van der Waals surface area (Å²) in [7, 11) is 0. The van der Waals surface area contributed by atoms with Gasteiger partial charge in [-0.15, -0.1) is 0 Å². The predicted molar refractivity (Wildman–Crippen MR) is 108 cm³/mol. The van der Waals surface area contributed by atoms with Gasteiger partial charge in [0.2, 0.25) is 0 Å². The number of benzene rings is 2. The van der Waals surface area contributed by atoms with Crippen molar-refractivity contribution in [2.24, 2.45) is 0 Å². The largest absolute Gasteiger partial charge is 0.452 e. The maximum absolute atomic E-state index is 12.0. The number of nitro benzene ring substituents is 1. The van der Waals surface area contributed by atoms with Crippen LogP contribution in [-0.2, 0) is 14.3 Å². The summed E-state index contributed by atoms with van der Waals surface area (Å²) in [6, 6.07) is 13.7. The first-order valence-corrected chi connectivity index (χ1v) is 8.68. The van der Waals surface area contributed by atoms with E-state index in [1.165, 1.54) is 31.2 Å². The van der Waals surface area contributed by atoms with Gasteiger partial charge in [-0.1, -0.05) is 30.3 Å². The van der Waals surface area contributed by atoms with Crippen molar-refractivity contribution in [3.63, 3.8) is 0 Å². The smallest absolute Gasteiger partial charge is 0.331 e. The Morgan fingerprint density at radius 2 is 1.93 bits per heavy atom. The number of carbonyl (C=O) groups is 2. The average molecular weight is 391 g/mol. The Labute approximate surface area is 166 Å². The number of esters is 1. The van der Waals surface area contributed by atoms with E-state index in [9.17, 15) is 19.7 Å². The molecule has 146 valence electrons. The number of nitrogens with one attached hydrogen (secondary N) is 1. The molecule has 0 radical (unpaired) electrons. The SMILES string of the molecule is Cc1c(NC(=O)COC(=O)/C=C/c2cccc3cccnc23)cccc1[N+](=O)[O-]. The molecule has 0 fully saturated rings. The van der Waals surface area contributed by atoms with Crippen LogP contribution in [0.2, 0.25) is 0 Å². The summed E-state index contributed by atoms with van der Waals surface area (Å²) in [5.41, 5.74) is 2.00. The number of hydrogen-bond acceptors (Lipinski definition) is 6. The maximum atomic E-state index is 12.0. The van der Waals surface area contributed by atoms with Crippen LogP contribution in [0.4, 0.5) is 11.4 Å². The monoisotopic (exact) mass is 391 g/mol. The Morgan fingerprint density at radius 3 is 2.72 bits per heavy atom. The number of amides is 1. The van der Waals surface area contributed by atoms with E-state index in [0.717, 1.165) is 16.5 Å². The highest BCUT2D eigenvalue weighted by Gasteiger charge is 2.15. The van der Waals surface area contributed by atoms with Crippen molar-refractivity contribution in [3.8, 4) is 0 Å². The lowest BCUT2D eigenvalue weighted by Crippen LogP contribution is -2.20. The highest BCUT2D eigenvalue weighted by molar-refractivity contribution is 5.96. The van der Waals surface area contributed by atoms with Crippen LogP contribution in [0.3, 0.4) is 0 Å². The molecule has 0 spiro atoms. The van der Waals surface area contributed by atoms with Crippen LogP contribution in [0.5, 0.6) is 0 Å². The Bertz CT molecular complexity index is 1120. The number of pyridine rings is 1. The minimum atomic E-state index is -0.691. The van der Waals surface area contributed by atoms with E-state index >= 15 is 0 Å². The Balaban J connectivity index is 1.59. The third kappa shape index (κ3) is 4.81. The number of nitrogens with zero attached hydrogens (tertiary/aromatic N) is 2. The molecule has 29 heavy (non-hydrogen) atoms. The summed E-state index contributed by atoms with van der Waals surface area (Å²) in [5.74, 6) is -1.29. The number of nitro groups is 1. The van der Waals surface area contributed by atoms with Crippen LogP contribution in [0.1, 0.15) is 11.1 Å². The minimum Gasteiger partial charge on any atom is -0.452 e. The summed E-state index contributed by atoms with van der Waals surface area (Å²) >= 11 is 0. The molecule has 0 saturated heterocycles. The summed E-state index contributed by atoms with van der Waals surface area (Å²) in [6.45, 7) is 1.01. The molecule has 1 amide bonds. The molecule has 3 aromatic rings. The fraction of sp³-hybridized carbons (Fsp3) is 0.0952. The molecule has 2 aromatic carbocycles. The Hall–Kier alpha value is -4.07. The zero-order valence-electron chi connectivity index (χ0n) is 15.5. The molecular weight excluding hydrogens is 374 g/mol. The number of ether oxygens (including phenoxy) is 1. The number of anilines is 1. The van der Waals surface area contributed by atoms with Gasteiger partial charge in [0, 0.05) is 29.3 Å². The standard InChI is InChI=1S/C21H17N3O5/c1-14-17(8-3-9-18(14)24(27)28)23-19(25)13-29-20(26)11-10-16-6-2-5-15-7-4-12-22-21(15)16/h2-12H,13H2,1H3,(H,23,25)/b11-10+. The average Bonchev–Trinajstić information content (AvgIpc) is 2.72. The first-order chi connectivity index (χ1) is 14.0. The van der Waals surface area contributed by atoms with Crippen LogP contribution < -0.4 is 5.32 Å². The number of fused-ring (bicyclic) bond motifs is 1. The highest BCUT2D eigenvalue weighted by atomic mass is 16.6. The quantitative estimate of drug-likeness (QED) is 0.297. The van der Waals surface area contributed by atoms with Gasteiger partial charge < -0.3 is 10.1 Å². The molecule has 0 aliphatic heterocycles. The van der Waals surface area contributed by atoms with E-state index in [2.05, 4.69) is 10.3 Å². The second kappa shape index (κ2) is 8.75. The number of para-hydroxylation sites is 1. The fourth-order valence-electron chi connectivity index (χ4n) is 2.75. The van der Waals surface area contributed by atoms with E-state index in [0.29, 0.717) is 5.56 Å². The van der Waals surface area contributed by atoms with Crippen LogP contribution in [0.25, 0.3) is 17.0 Å². The van der Waals surface area contributed by atoms with Crippen LogP contribution in [-0.4, -0.2) is 28.4 Å². The first-order valence-electron chi connectivity index (χ1n) is 8.68. The summed E-state index contributed by atoms with van der Waals surface area (Å²) in [5, 5.41) is 14.4. The molecule has 8 heteroatoms. The topological polar surface area (TPSA) is 111 Å². The molecule has 0 atom stereocenters. The van der Waals surface area contributed by atoms with Crippen LogP contribution in [0, 0.1) is 17.0 Å². The lowest BCUT2D eigenvalue weighted by atomic mass is 10.1. The van der Waals surface area contributed by atoms with Gasteiger partial charge >= 0.3 is 5.97 Å². The second-order valence-electron chi connectivity index (χ2n) is 6.12. The van der Waals surface area contributed by atoms with Gasteiger partial charge in [0.15, 0.2) is 6.61 Å². The molecule has 0 aliphatic carbocycles. The van der Waals surface area contributed by atoms with Gasteiger partial charge in [-0.3, -0.25) is 19.9 Å². The highest BCUT2D eigenvalue weighted by Crippen LogP contribution is 2.24. The number of carbonyl (C=O) groups excluding carboxylic acids is 2. The molecule has 1 aromatic heterocycles. The molecular formula is C21H17N3O5. The minimum absolute atomic E-state index is 0.105. The molecule has 0 bridgehead atoms. The summed E-state index contributed by atoms with van der Waals surface area (Å²) in [4.78, 5) is 38.6. The van der Waals surface area contributed by atoms with Crippen molar-refractivity contribution >= 4 is 40.2 Å². The van der Waals surface area contributed by atoms with Gasteiger partial charge in [-0.25, -0.2) is 4.79 Å². The summed E-state index contributed by atoms with van der Waals surface area (Å²) < 4.78 is 4.94. The third-order valence-electron chi connectivity index (χ3n) is 4.18. The lowest BCUT2D eigenvalue weighted by molar-refractivity contribution is -0.385. The van der Waals surface area contributed by atoms with Crippen molar-refractivity contribution in [3.05, 3.63) is 82.0 Å². The molecule has 3 rings (SSSR count). The van der Waals surface area contributed by atoms with Gasteiger partial charge in [0.05, 0.1) is 21.7 Å². The van der Waals surface area contributed by atoms with E-state index in [4.69, 9.17) is 4.74 Å². The van der Waals surface area contributed by atoms with Gasteiger partial charge in [0.25, 0.3) is 11.6 Å². The maximum Gasteiger partial charge on any atom is 0.331 e. The molecule has 1 heterocycles. The zero-order chi connectivity index (χ0) is 20.8. The molecule has 0 aliphatic rings. The van der Waals surface area contributed by atoms with Crippen LogP contribution >= 0.6 is 0 Å². The van der Waals surface area contributed by atoms with Crippen molar-refractivity contribution < 1.29 is 19.2 Å². The van der Waals surface area contributed by atoms with Crippen molar-refractivity contribution in [1.82, 2.24) is 4.98 Å². The van der Waals surface area contributed by atoms with Gasteiger partial charge in [-0.05, 0) is 25.1 Å². The molecule has 8 nitrogen and oxygen atoms in total. The molecule has 0 unspecified atom stereocenters. The Kier molecular flexibility index (Phi) is 5.94. The second-order valence-corrected chi connectivity index (χ2v) is 6.12. The predicted octanol–water partition coefficient (Wildman–Crippen LogP) is 3.65. The normalized spacial score (nSPS) is 10.8. The van der Waals surface area contributed by atoms with E-state index in [-0.39, 0.29) is 11.4 Å². The lowest BCUT2D eigenvalue weighted by Gasteiger charge is -2.08. The summed E-state index contributed by atoms with van der Waals surface area (Å²) in [6.07, 6.45) is 4.45. The van der Waals surface area contributed by atoms with Crippen molar-refractivity contribution in [2.45, 2.75) is 6.92 Å². The number of aromatic nitrogens is 1. The first kappa shape index (κ1) is 19.7. The number of rotatable bonds is 6. The van der Waals surface area contributed by atoms with Gasteiger partial charge in [0.1, 0.15) is 0 Å². The number of hydrogen-bond donors (Lipinski definition) is 1. The third-order valence-corrected chi connectivity index (χ3v) is 4.18. The van der Waals surface area contributed by atoms with E-state index in [1.54, 1.807) is 12.3 Å². The van der Waals surface area contributed by atoms with E-state index < -0.39 is 23.4 Å². The molecule has 0 saturated carbocycles. The van der Waals surface area contributed by atoms with Gasteiger partial charge in [-0.2, -0.15) is 0 Å². The van der Waals surface area contributed by atoms with Crippen molar-refractivity contribution in [2.75, 3.05) is 11.9 Å².